The van der Waals surface area contributed by atoms with Gasteiger partial charge in [0.05, 0.1) is 5.69 Å². The molecule has 1 aliphatic rings. The molecule has 2 aromatic rings. The Kier molecular flexibility index (Phi) is 6.75. The molecule has 1 fully saturated rings. The van der Waals surface area contributed by atoms with Gasteiger partial charge < -0.3 is 10.6 Å². The van der Waals surface area contributed by atoms with E-state index in [4.69, 9.17) is 4.99 Å². The van der Waals surface area contributed by atoms with Crippen molar-refractivity contribution in [2.45, 2.75) is 52.2 Å². The van der Waals surface area contributed by atoms with Crippen molar-refractivity contribution in [3.05, 3.63) is 58.7 Å². The highest BCUT2D eigenvalue weighted by molar-refractivity contribution is 8.15. The Hall–Kier alpha value is -2.60. The second kappa shape index (κ2) is 9.27. The second-order valence-electron chi connectivity index (χ2n) is 7.22. The van der Waals surface area contributed by atoms with Crippen molar-refractivity contribution in [2.24, 2.45) is 4.99 Å². The summed E-state index contributed by atoms with van der Waals surface area (Å²) in [5.74, 6) is -0.342. The first-order valence-corrected chi connectivity index (χ1v) is 10.8. The number of hydrogen-bond donors (Lipinski definition) is 2. The number of hydrogen-bond acceptors (Lipinski definition) is 4. The molecule has 6 heteroatoms. The van der Waals surface area contributed by atoms with Gasteiger partial charge in [-0.15, -0.1) is 0 Å². The van der Waals surface area contributed by atoms with Gasteiger partial charge in [-0.2, -0.15) is 0 Å². The summed E-state index contributed by atoms with van der Waals surface area (Å²) in [6.45, 7) is 8.17. The summed E-state index contributed by atoms with van der Waals surface area (Å²) < 4.78 is 0. The molecule has 1 atom stereocenters. The zero-order valence-corrected chi connectivity index (χ0v) is 18.2. The molecule has 0 spiro atoms. The maximum atomic E-state index is 12.5. The highest BCUT2D eigenvalue weighted by Crippen LogP contribution is 2.30. The number of thioether (sulfide) groups is 1. The lowest BCUT2D eigenvalue weighted by atomic mass is 10.0. The molecule has 0 radical (unpaired) electrons. The Morgan fingerprint density at radius 1 is 1.14 bits per heavy atom. The molecule has 0 aromatic heterocycles. The van der Waals surface area contributed by atoms with Crippen LogP contribution in [0, 0.1) is 13.8 Å². The van der Waals surface area contributed by atoms with Crippen molar-refractivity contribution in [1.29, 1.82) is 0 Å². The number of benzene rings is 2. The topological polar surface area (TPSA) is 70.6 Å². The molecule has 3 rings (SSSR count). The third kappa shape index (κ3) is 5.07. The largest absolute Gasteiger partial charge is 0.326 e. The van der Waals surface area contributed by atoms with Crippen LogP contribution >= 0.6 is 11.8 Å². The van der Waals surface area contributed by atoms with Gasteiger partial charge in [0, 0.05) is 12.1 Å². The van der Waals surface area contributed by atoms with E-state index in [-0.39, 0.29) is 18.2 Å². The van der Waals surface area contributed by atoms with E-state index in [1.165, 1.54) is 11.8 Å². The molecule has 0 unspecified atom stereocenters. The number of anilines is 1. The molecular weight excluding hydrogens is 382 g/mol. The van der Waals surface area contributed by atoms with Crippen LogP contribution in [0.4, 0.5) is 11.4 Å². The zero-order chi connectivity index (χ0) is 21.0. The predicted octanol–water partition coefficient (Wildman–Crippen LogP) is 4.68. The molecule has 0 saturated carbocycles. The summed E-state index contributed by atoms with van der Waals surface area (Å²) >= 11 is 1.33. The van der Waals surface area contributed by atoms with E-state index >= 15 is 0 Å². The quantitative estimate of drug-likeness (QED) is 0.728. The number of nitrogens with one attached hydrogen (secondary N) is 2. The fraction of sp³-hybridized carbons (Fsp3) is 0.348. The molecule has 2 amide bonds. The lowest BCUT2D eigenvalue weighted by Crippen LogP contribution is -2.28. The number of nitrogens with zero attached hydrogens (tertiary/aromatic N) is 1. The minimum atomic E-state index is -0.474. The van der Waals surface area contributed by atoms with Crippen LogP contribution in [0.5, 0.6) is 0 Å². The number of rotatable bonds is 6. The third-order valence-corrected chi connectivity index (χ3v) is 6.06. The monoisotopic (exact) mass is 409 g/mol. The first-order valence-electron chi connectivity index (χ1n) is 9.95. The third-order valence-electron chi connectivity index (χ3n) is 4.98. The lowest BCUT2D eigenvalue weighted by Gasteiger charge is -2.10. The average Bonchev–Trinajstić information content (AvgIpc) is 3.03. The summed E-state index contributed by atoms with van der Waals surface area (Å²) in [6.07, 6.45) is 1.86. The molecule has 2 aromatic carbocycles. The Balaban J connectivity index is 1.71. The van der Waals surface area contributed by atoms with E-state index in [2.05, 4.69) is 36.6 Å². The van der Waals surface area contributed by atoms with E-state index in [1.807, 2.05) is 38.1 Å². The molecule has 1 heterocycles. The van der Waals surface area contributed by atoms with Crippen molar-refractivity contribution < 1.29 is 9.59 Å². The minimum Gasteiger partial charge on any atom is -0.326 e. The smallest absolute Gasteiger partial charge is 0.240 e. The van der Waals surface area contributed by atoms with Gasteiger partial charge in [-0.3, -0.25) is 9.59 Å². The van der Waals surface area contributed by atoms with Crippen molar-refractivity contribution >= 4 is 40.1 Å². The van der Waals surface area contributed by atoms with Gasteiger partial charge in [-0.05, 0) is 49.4 Å². The van der Waals surface area contributed by atoms with Crippen LogP contribution in [0.3, 0.4) is 0 Å². The van der Waals surface area contributed by atoms with E-state index in [0.717, 1.165) is 46.5 Å². The van der Waals surface area contributed by atoms with E-state index in [1.54, 1.807) is 0 Å². The van der Waals surface area contributed by atoms with Crippen molar-refractivity contribution in [2.75, 3.05) is 5.32 Å². The number of amides is 2. The summed E-state index contributed by atoms with van der Waals surface area (Å²) in [5, 5.41) is 5.84. The molecule has 1 saturated heterocycles. The highest BCUT2D eigenvalue weighted by Gasteiger charge is 2.32. The van der Waals surface area contributed by atoms with Crippen LogP contribution in [-0.2, 0) is 22.4 Å². The number of aryl methyl sites for hydroxylation is 4. The van der Waals surface area contributed by atoms with Crippen LogP contribution in [-0.4, -0.2) is 22.2 Å². The number of aliphatic imine (C=N–C) groups is 1. The van der Waals surface area contributed by atoms with Crippen molar-refractivity contribution in [3.63, 3.8) is 0 Å². The number of carbonyl (C=O) groups excluding carboxylic acids is 2. The molecule has 1 aliphatic heterocycles. The summed E-state index contributed by atoms with van der Waals surface area (Å²) in [7, 11) is 0. The fourth-order valence-corrected chi connectivity index (χ4v) is 4.35. The Morgan fingerprint density at radius 2 is 1.83 bits per heavy atom. The molecule has 0 aliphatic carbocycles. The van der Waals surface area contributed by atoms with Crippen LogP contribution in [0.25, 0.3) is 0 Å². The van der Waals surface area contributed by atoms with Gasteiger partial charge in [0.15, 0.2) is 5.17 Å². The second-order valence-corrected chi connectivity index (χ2v) is 8.41. The SMILES string of the molecule is CCc1cccc(CC)c1N=C1NC(=O)[C@@H](CC(=O)Nc2ccc(C)cc2C)S1. The average molecular weight is 410 g/mol. The van der Waals surface area contributed by atoms with Crippen molar-refractivity contribution in [3.8, 4) is 0 Å². The first kappa shape index (κ1) is 21.1. The predicted molar refractivity (Wildman–Crippen MR) is 121 cm³/mol. The maximum Gasteiger partial charge on any atom is 0.240 e. The summed E-state index contributed by atoms with van der Waals surface area (Å²) in [4.78, 5) is 29.6. The highest BCUT2D eigenvalue weighted by atomic mass is 32.2. The van der Waals surface area contributed by atoms with Gasteiger partial charge in [0.1, 0.15) is 5.25 Å². The molecule has 2 N–H and O–H groups in total. The number of para-hydroxylation sites is 1. The number of amidine groups is 1. The van der Waals surface area contributed by atoms with Gasteiger partial charge in [0.25, 0.3) is 0 Å². The van der Waals surface area contributed by atoms with Crippen LogP contribution in [0.1, 0.15) is 42.5 Å². The standard InChI is InChI=1S/C23H27N3O2S/c1-5-16-8-7-9-17(6-2)21(16)25-23-26-22(28)19(29-23)13-20(27)24-18-11-10-14(3)12-15(18)4/h7-12,19H,5-6,13H2,1-4H3,(H,24,27)(H,25,26,28)/t19-/m1/s1. The van der Waals surface area contributed by atoms with E-state index in [9.17, 15) is 9.59 Å². The Morgan fingerprint density at radius 3 is 2.45 bits per heavy atom. The first-order chi connectivity index (χ1) is 13.9. The van der Waals surface area contributed by atoms with Gasteiger partial charge in [-0.1, -0.05) is 61.5 Å². The minimum absolute atomic E-state index is 0.110. The molecule has 0 bridgehead atoms. The van der Waals surface area contributed by atoms with E-state index in [0.29, 0.717) is 5.17 Å². The summed E-state index contributed by atoms with van der Waals surface area (Å²) in [5.41, 5.74) is 6.17. The van der Waals surface area contributed by atoms with Crippen molar-refractivity contribution in [1.82, 2.24) is 5.32 Å². The van der Waals surface area contributed by atoms with Gasteiger partial charge in [0.2, 0.25) is 11.8 Å². The summed E-state index contributed by atoms with van der Waals surface area (Å²) in [6, 6.07) is 12.0. The Labute approximate surface area is 176 Å². The van der Waals surface area contributed by atoms with Crippen LogP contribution < -0.4 is 10.6 Å². The Bertz CT molecular complexity index is 946. The lowest BCUT2D eigenvalue weighted by molar-refractivity contribution is -0.122. The van der Waals surface area contributed by atoms with Crippen LogP contribution in [0.2, 0.25) is 0 Å². The van der Waals surface area contributed by atoms with Crippen LogP contribution in [0.15, 0.2) is 41.4 Å². The van der Waals surface area contributed by atoms with Gasteiger partial charge in [-0.25, -0.2) is 4.99 Å². The fourth-order valence-electron chi connectivity index (χ4n) is 3.38. The number of carbonyl (C=O) groups is 2. The maximum absolute atomic E-state index is 12.5. The van der Waals surface area contributed by atoms with Gasteiger partial charge >= 0.3 is 0 Å². The molecule has 29 heavy (non-hydrogen) atoms. The molecule has 5 nitrogen and oxygen atoms in total. The molecular formula is C23H27N3O2S. The van der Waals surface area contributed by atoms with E-state index < -0.39 is 5.25 Å². The molecule has 152 valence electrons. The normalized spacial score (nSPS) is 17.4. The zero-order valence-electron chi connectivity index (χ0n) is 17.3.